The summed E-state index contributed by atoms with van der Waals surface area (Å²) in [4.78, 5) is 27.2. The average molecular weight is 425 g/mol. The molecule has 4 aromatic rings. The number of carbonyl (C=O) groups excluding carboxylic acids is 2. The summed E-state index contributed by atoms with van der Waals surface area (Å²) in [7, 11) is 0. The lowest BCUT2D eigenvalue weighted by molar-refractivity contribution is -0.113. The minimum Gasteiger partial charge on any atom is -0.317 e. The average Bonchev–Trinajstić information content (AvgIpc) is 3.22. The molecule has 3 aromatic carbocycles. The van der Waals surface area contributed by atoms with Crippen molar-refractivity contribution < 1.29 is 9.59 Å². The van der Waals surface area contributed by atoms with Crippen LogP contribution in [0.1, 0.15) is 17.0 Å². The largest absolute Gasteiger partial charge is 0.317 e. The number of anilines is 1. The van der Waals surface area contributed by atoms with E-state index in [1.807, 2.05) is 43.3 Å². The van der Waals surface area contributed by atoms with Gasteiger partial charge in [0.2, 0.25) is 0 Å². The Bertz CT molecular complexity index is 1360. The van der Waals surface area contributed by atoms with Crippen molar-refractivity contribution in [2.45, 2.75) is 13.8 Å². The van der Waals surface area contributed by atoms with Crippen LogP contribution in [-0.4, -0.2) is 15.7 Å². The third-order valence-electron chi connectivity index (χ3n) is 5.57. The van der Waals surface area contributed by atoms with Gasteiger partial charge >= 0.3 is 0 Å². The molecule has 152 valence electrons. The molecule has 1 aromatic heterocycles. The molecule has 1 saturated heterocycles. The van der Waals surface area contributed by atoms with Crippen LogP contribution in [-0.2, 0) is 4.79 Å². The molecule has 1 aliphatic rings. The van der Waals surface area contributed by atoms with Crippen molar-refractivity contribution in [1.82, 2.24) is 4.57 Å². The Morgan fingerprint density at radius 2 is 1.55 bits per heavy atom. The van der Waals surface area contributed by atoms with E-state index in [2.05, 4.69) is 47.9 Å². The molecular formula is C26H20N2O2S. The summed E-state index contributed by atoms with van der Waals surface area (Å²) < 4.78 is 2.20. The predicted molar refractivity (Wildman–Crippen MR) is 128 cm³/mol. The van der Waals surface area contributed by atoms with Crippen molar-refractivity contribution in [2.24, 2.45) is 0 Å². The minimum atomic E-state index is -0.281. The number of fused-ring (bicyclic) bond motifs is 1. The maximum atomic E-state index is 13.0. The van der Waals surface area contributed by atoms with Crippen LogP contribution in [0.4, 0.5) is 10.5 Å². The topological polar surface area (TPSA) is 42.3 Å². The molecule has 4 nitrogen and oxygen atoms in total. The summed E-state index contributed by atoms with van der Waals surface area (Å²) in [5.41, 5.74) is 4.73. The van der Waals surface area contributed by atoms with Crippen molar-refractivity contribution in [3.05, 3.63) is 101 Å². The molecule has 1 fully saturated rings. The van der Waals surface area contributed by atoms with Crippen LogP contribution in [0.25, 0.3) is 22.5 Å². The van der Waals surface area contributed by atoms with E-state index in [0.717, 1.165) is 34.4 Å². The van der Waals surface area contributed by atoms with Gasteiger partial charge in [0.05, 0.1) is 16.3 Å². The van der Waals surface area contributed by atoms with Gasteiger partial charge in [-0.05, 0) is 66.9 Å². The normalized spacial score (nSPS) is 15.4. The molecule has 5 heteroatoms. The summed E-state index contributed by atoms with van der Waals surface area (Å²) in [6, 6.07) is 25.7. The highest BCUT2D eigenvalue weighted by atomic mass is 32.2. The lowest BCUT2D eigenvalue weighted by Gasteiger charge is -2.13. The Morgan fingerprint density at radius 3 is 2.35 bits per heavy atom. The van der Waals surface area contributed by atoms with Gasteiger partial charge in [0.15, 0.2) is 0 Å². The molecule has 31 heavy (non-hydrogen) atoms. The van der Waals surface area contributed by atoms with Gasteiger partial charge in [0.1, 0.15) is 0 Å². The van der Waals surface area contributed by atoms with Gasteiger partial charge in [-0.2, -0.15) is 0 Å². The van der Waals surface area contributed by atoms with Gasteiger partial charge < -0.3 is 4.57 Å². The van der Waals surface area contributed by atoms with Crippen LogP contribution in [0.2, 0.25) is 0 Å². The van der Waals surface area contributed by atoms with Crippen LogP contribution < -0.4 is 4.90 Å². The smallest absolute Gasteiger partial charge is 0.298 e. The lowest BCUT2D eigenvalue weighted by atomic mass is 10.1. The second kappa shape index (κ2) is 7.60. The van der Waals surface area contributed by atoms with Crippen LogP contribution in [0.5, 0.6) is 0 Å². The second-order valence-electron chi connectivity index (χ2n) is 7.51. The highest BCUT2D eigenvalue weighted by Crippen LogP contribution is 2.37. The number of hydrogen-bond donors (Lipinski definition) is 0. The highest BCUT2D eigenvalue weighted by Gasteiger charge is 2.36. The number of benzene rings is 3. The summed E-state index contributed by atoms with van der Waals surface area (Å²) in [6.07, 6.45) is 1.83. The van der Waals surface area contributed by atoms with Crippen molar-refractivity contribution in [3.8, 4) is 5.69 Å². The monoisotopic (exact) mass is 424 g/mol. The number of aromatic nitrogens is 1. The number of imide groups is 1. The molecule has 0 atom stereocenters. The Balaban J connectivity index is 1.57. The molecule has 0 saturated carbocycles. The molecule has 1 aliphatic heterocycles. The number of amides is 2. The Labute approximate surface area is 184 Å². The van der Waals surface area contributed by atoms with Crippen molar-refractivity contribution in [3.63, 3.8) is 0 Å². The first kappa shape index (κ1) is 19.4. The third kappa shape index (κ3) is 3.27. The molecule has 0 bridgehead atoms. The molecule has 0 unspecified atom stereocenters. The molecule has 0 aliphatic carbocycles. The van der Waals surface area contributed by atoms with E-state index in [1.165, 1.54) is 15.7 Å². The number of rotatable bonds is 3. The Kier molecular flexibility index (Phi) is 4.75. The summed E-state index contributed by atoms with van der Waals surface area (Å²) in [6.45, 7) is 4.10. The van der Waals surface area contributed by atoms with E-state index < -0.39 is 0 Å². The second-order valence-corrected chi connectivity index (χ2v) is 8.51. The standard InChI is InChI=1S/C26H20N2O2S/c1-17-15-20(16-24-25(29)28(26(30)31-24)21-11-4-3-5-12-21)18(2)27(17)23-14-8-10-19-9-6-7-13-22(19)23/h3-16H,1-2H3/b24-16-. The van der Waals surface area contributed by atoms with Crippen molar-refractivity contribution >= 4 is 45.4 Å². The van der Waals surface area contributed by atoms with Gasteiger partial charge in [-0.15, -0.1) is 0 Å². The van der Waals surface area contributed by atoms with Crippen LogP contribution in [0.15, 0.2) is 83.8 Å². The molecule has 0 N–H and O–H groups in total. The van der Waals surface area contributed by atoms with Gasteiger partial charge in [-0.3, -0.25) is 9.59 Å². The zero-order chi connectivity index (χ0) is 21.5. The molecular weight excluding hydrogens is 404 g/mol. The van der Waals surface area contributed by atoms with E-state index in [1.54, 1.807) is 12.1 Å². The van der Waals surface area contributed by atoms with E-state index in [0.29, 0.717) is 10.6 Å². The SMILES string of the molecule is Cc1cc(/C=C2\SC(=O)N(c3ccccc3)C2=O)c(C)n1-c1cccc2ccccc12. The fourth-order valence-electron chi connectivity index (χ4n) is 4.12. The number of hydrogen-bond acceptors (Lipinski definition) is 3. The highest BCUT2D eigenvalue weighted by molar-refractivity contribution is 8.19. The Hall–Kier alpha value is -3.57. The van der Waals surface area contributed by atoms with Crippen LogP contribution in [0.3, 0.4) is 0 Å². The quantitative estimate of drug-likeness (QED) is 0.353. The Morgan fingerprint density at radius 1 is 0.839 bits per heavy atom. The summed E-state index contributed by atoms with van der Waals surface area (Å²) in [5, 5.41) is 2.08. The zero-order valence-corrected chi connectivity index (χ0v) is 18.0. The molecule has 2 heterocycles. The fraction of sp³-hybridized carbons (Fsp3) is 0.0769. The third-order valence-corrected chi connectivity index (χ3v) is 6.44. The van der Waals surface area contributed by atoms with Gasteiger partial charge in [-0.1, -0.05) is 54.6 Å². The number of carbonyl (C=O) groups is 2. The summed E-state index contributed by atoms with van der Waals surface area (Å²) >= 11 is 0.983. The first-order valence-corrected chi connectivity index (χ1v) is 10.9. The molecule has 5 rings (SSSR count). The van der Waals surface area contributed by atoms with E-state index >= 15 is 0 Å². The maximum Gasteiger partial charge on any atom is 0.298 e. The van der Waals surface area contributed by atoms with Crippen LogP contribution >= 0.6 is 11.8 Å². The number of aryl methyl sites for hydroxylation is 1. The number of nitrogens with zero attached hydrogens (tertiary/aromatic N) is 2. The first-order valence-electron chi connectivity index (χ1n) is 10.0. The molecule has 0 radical (unpaired) electrons. The van der Waals surface area contributed by atoms with Gasteiger partial charge in [-0.25, -0.2) is 4.90 Å². The van der Waals surface area contributed by atoms with E-state index in [4.69, 9.17) is 0 Å². The molecule has 2 amide bonds. The van der Waals surface area contributed by atoms with Crippen LogP contribution in [0, 0.1) is 13.8 Å². The maximum absolute atomic E-state index is 13.0. The zero-order valence-electron chi connectivity index (χ0n) is 17.2. The fourth-order valence-corrected chi connectivity index (χ4v) is 4.95. The number of para-hydroxylation sites is 1. The first-order chi connectivity index (χ1) is 15.0. The van der Waals surface area contributed by atoms with Gasteiger partial charge in [0.25, 0.3) is 11.1 Å². The van der Waals surface area contributed by atoms with Crippen molar-refractivity contribution in [2.75, 3.05) is 4.90 Å². The lowest BCUT2D eigenvalue weighted by Crippen LogP contribution is -2.27. The van der Waals surface area contributed by atoms with Crippen molar-refractivity contribution in [1.29, 1.82) is 0 Å². The number of thioether (sulfide) groups is 1. The minimum absolute atomic E-state index is 0.273. The van der Waals surface area contributed by atoms with E-state index in [-0.39, 0.29) is 11.1 Å². The van der Waals surface area contributed by atoms with E-state index in [9.17, 15) is 9.59 Å². The summed E-state index contributed by atoms with van der Waals surface area (Å²) in [5.74, 6) is -0.281. The molecule has 0 spiro atoms. The predicted octanol–water partition coefficient (Wildman–Crippen LogP) is 6.49. The van der Waals surface area contributed by atoms with Gasteiger partial charge in [0, 0.05) is 16.8 Å².